The zero-order chi connectivity index (χ0) is 34.1. The van der Waals surface area contributed by atoms with Gasteiger partial charge in [0.05, 0.1) is 17.4 Å². The van der Waals surface area contributed by atoms with E-state index in [1.807, 2.05) is 78.9 Å². The van der Waals surface area contributed by atoms with Crippen molar-refractivity contribution in [3.05, 3.63) is 178 Å². The van der Waals surface area contributed by atoms with E-state index in [1.165, 1.54) is 24.3 Å². The molecule has 0 atom stereocenters. The van der Waals surface area contributed by atoms with Gasteiger partial charge in [-0.25, -0.2) is 0 Å². The number of carboxylic acids is 2. The van der Waals surface area contributed by atoms with Crippen LogP contribution in [0.1, 0.15) is 54.1 Å². The fourth-order valence-electron chi connectivity index (χ4n) is 6.43. The minimum absolute atomic E-state index is 0. The summed E-state index contributed by atoms with van der Waals surface area (Å²) in [6.45, 7) is 0. The van der Waals surface area contributed by atoms with Crippen LogP contribution in [0.4, 0.5) is 0 Å². The zero-order valence-electron chi connectivity index (χ0n) is 27.8. The molecule has 0 fully saturated rings. The molecule has 0 amide bonds. The van der Waals surface area contributed by atoms with E-state index in [-0.39, 0.29) is 114 Å². The molecule has 0 bridgehead atoms. The van der Waals surface area contributed by atoms with E-state index >= 15 is 0 Å². The number of carbonyl (C=O) groups is 2. The van der Waals surface area contributed by atoms with Gasteiger partial charge >= 0.3 is 103 Å². The standard InChI is InChI=1S/C43H26O6.2K/c1-3-27-6-24-39-38(25-27)37-23-5-28(4-2)26-40(37)43(39,31-11-19-35(20-12-31)48-33-15-7-29(8-16-33)41(44)45)32-13-21-36(22-14-32)49-34-17-9-30(10-18-34)42(46)47;;/h1-2,5-26H,(H,44,45)(H,46,47);;/q;2*+1/p-2. The van der Waals surface area contributed by atoms with Gasteiger partial charge in [0.15, 0.2) is 0 Å². The fourth-order valence-corrected chi connectivity index (χ4v) is 6.43. The van der Waals surface area contributed by atoms with Crippen LogP contribution in [0.25, 0.3) is 11.1 Å². The number of ether oxygens (including phenoxy) is 2. The van der Waals surface area contributed by atoms with Gasteiger partial charge in [-0.15, -0.1) is 12.8 Å². The van der Waals surface area contributed by atoms with E-state index in [4.69, 9.17) is 22.3 Å². The van der Waals surface area contributed by atoms with Gasteiger partial charge in [0, 0.05) is 11.1 Å². The Balaban J connectivity index is 0.00000252. The van der Waals surface area contributed by atoms with Gasteiger partial charge in [-0.3, -0.25) is 0 Å². The van der Waals surface area contributed by atoms with Crippen molar-refractivity contribution in [3.63, 3.8) is 0 Å². The summed E-state index contributed by atoms with van der Waals surface area (Å²) < 4.78 is 12.1. The number of fused-ring (bicyclic) bond motifs is 3. The Morgan fingerprint density at radius 3 is 1.29 bits per heavy atom. The van der Waals surface area contributed by atoms with Gasteiger partial charge in [-0.1, -0.05) is 48.2 Å². The largest absolute Gasteiger partial charge is 1.00 e. The van der Waals surface area contributed by atoms with Crippen molar-refractivity contribution < 1.29 is 132 Å². The number of aromatic carboxylic acids is 2. The molecule has 1 aliphatic rings. The van der Waals surface area contributed by atoms with Gasteiger partial charge in [0.25, 0.3) is 0 Å². The zero-order valence-corrected chi connectivity index (χ0v) is 34.1. The second-order valence-corrected chi connectivity index (χ2v) is 11.4. The third-order valence-electron chi connectivity index (χ3n) is 8.70. The molecule has 0 aliphatic heterocycles. The van der Waals surface area contributed by atoms with Crippen molar-refractivity contribution in [3.8, 4) is 58.8 Å². The predicted molar refractivity (Wildman–Crippen MR) is 181 cm³/mol. The van der Waals surface area contributed by atoms with E-state index in [9.17, 15) is 19.8 Å². The van der Waals surface area contributed by atoms with Gasteiger partial charge < -0.3 is 29.3 Å². The van der Waals surface area contributed by atoms with Gasteiger partial charge in [-0.2, -0.15) is 0 Å². The molecule has 8 heteroatoms. The molecule has 0 aromatic heterocycles. The molecule has 6 aromatic rings. The van der Waals surface area contributed by atoms with Crippen molar-refractivity contribution in [2.24, 2.45) is 0 Å². The van der Waals surface area contributed by atoms with Crippen LogP contribution in [0.2, 0.25) is 0 Å². The predicted octanol–water partition coefficient (Wildman–Crippen LogP) is 0.332. The number of carboxylic acid groups (broad SMARTS) is 2. The Kier molecular flexibility index (Phi) is 12.3. The summed E-state index contributed by atoms with van der Waals surface area (Å²) in [5.41, 5.74) is 6.70. The second-order valence-electron chi connectivity index (χ2n) is 11.4. The average molecular weight is 715 g/mol. The number of benzene rings is 6. The van der Waals surface area contributed by atoms with Crippen molar-refractivity contribution in [2.45, 2.75) is 5.41 Å². The molecule has 0 radical (unpaired) electrons. The molecular weight excluding hydrogens is 691 g/mol. The monoisotopic (exact) mass is 714 g/mol. The summed E-state index contributed by atoms with van der Waals surface area (Å²) in [7, 11) is 0. The molecule has 0 saturated heterocycles. The molecule has 0 saturated carbocycles. The quantitative estimate of drug-likeness (QED) is 0.167. The summed E-state index contributed by atoms with van der Waals surface area (Å²) in [6, 6.07) is 39.6. The number of rotatable bonds is 8. The van der Waals surface area contributed by atoms with Crippen LogP contribution in [0.5, 0.6) is 23.0 Å². The van der Waals surface area contributed by atoms with Crippen LogP contribution < -0.4 is 122 Å². The Hall–Kier alpha value is -3.75. The smallest absolute Gasteiger partial charge is 0.545 e. The molecule has 6 nitrogen and oxygen atoms in total. The van der Waals surface area contributed by atoms with Crippen molar-refractivity contribution in [1.82, 2.24) is 0 Å². The summed E-state index contributed by atoms with van der Waals surface area (Å²) >= 11 is 0. The summed E-state index contributed by atoms with van der Waals surface area (Å²) in [5.74, 6) is 5.12. The van der Waals surface area contributed by atoms with E-state index in [0.29, 0.717) is 23.0 Å². The summed E-state index contributed by atoms with van der Waals surface area (Å²) in [6.07, 6.45) is 11.8. The molecule has 0 unspecified atom stereocenters. The first-order valence-electron chi connectivity index (χ1n) is 15.2. The minimum atomic E-state index is -1.26. The molecular formula is C43H24K2O6. The summed E-state index contributed by atoms with van der Waals surface area (Å²) in [5, 5.41) is 22.3. The molecule has 234 valence electrons. The maximum Gasteiger partial charge on any atom is 1.00 e. The topological polar surface area (TPSA) is 98.7 Å². The Bertz CT molecular complexity index is 2230. The van der Waals surface area contributed by atoms with Crippen LogP contribution in [0.3, 0.4) is 0 Å². The van der Waals surface area contributed by atoms with Crippen molar-refractivity contribution in [1.29, 1.82) is 0 Å². The first kappa shape index (κ1) is 38.5. The Morgan fingerprint density at radius 2 is 0.882 bits per heavy atom. The normalized spacial score (nSPS) is 11.6. The fraction of sp³-hybridized carbons (Fsp3) is 0.0233. The Labute approximate surface area is 380 Å². The molecule has 6 aromatic carbocycles. The Morgan fingerprint density at radius 1 is 0.490 bits per heavy atom. The maximum atomic E-state index is 11.2. The van der Waals surface area contributed by atoms with Gasteiger partial charge in [0.2, 0.25) is 0 Å². The van der Waals surface area contributed by atoms with E-state index < -0.39 is 17.4 Å². The van der Waals surface area contributed by atoms with Gasteiger partial charge in [0.1, 0.15) is 23.0 Å². The van der Waals surface area contributed by atoms with E-state index in [1.54, 1.807) is 24.3 Å². The molecule has 0 spiro atoms. The first-order valence-corrected chi connectivity index (χ1v) is 15.2. The number of hydrogen-bond donors (Lipinski definition) is 0. The minimum Gasteiger partial charge on any atom is -0.545 e. The van der Waals surface area contributed by atoms with Crippen LogP contribution >= 0.6 is 0 Å². The second kappa shape index (κ2) is 16.3. The van der Waals surface area contributed by atoms with E-state index in [2.05, 4.69) is 17.9 Å². The molecule has 51 heavy (non-hydrogen) atoms. The third kappa shape index (κ3) is 7.45. The molecule has 0 heterocycles. The third-order valence-corrected chi connectivity index (χ3v) is 8.70. The average Bonchev–Trinajstić information content (AvgIpc) is 3.42. The van der Waals surface area contributed by atoms with Crippen LogP contribution in [0.15, 0.2) is 133 Å². The number of carbonyl (C=O) groups excluding carboxylic acids is 2. The molecule has 0 N–H and O–H groups in total. The van der Waals surface area contributed by atoms with Crippen LogP contribution in [0, 0.1) is 24.7 Å². The van der Waals surface area contributed by atoms with Crippen LogP contribution in [-0.4, -0.2) is 11.9 Å². The summed E-state index contributed by atoms with van der Waals surface area (Å²) in [4.78, 5) is 22.3. The van der Waals surface area contributed by atoms with Crippen LogP contribution in [-0.2, 0) is 5.41 Å². The van der Waals surface area contributed by atoms with E-state index in [0.717, 1.165) is 44.5 Å². The molecule has 7 rings (SSSR count). The SMILES string of the molecule is C#Cc1ccc2c(c1)-c1ccc(C#C)cc1C2(c1ccc(Oc2ccc(C(=O)[O-])cc2)cc1)c1ccc(Oc2ccc(C(=O)[O-])cc2)cc1.[K+].[K+]. The van der Waals surface area contributed by atoms with Gasteiger partial charge in [-0.05, 0) is 142 Å². The molecule has 1 aliphatic carbocycles. The van der Waals surface area contributed by atoms with Crippen molar-refractivity contribution >= 4 is 11.9 Å². The first-order chi connectivity index (χ1) is 23.8. The maximum absolute atomic E-state index is 11.2. The number of terminal acetylenes is 2. The number of hydrogen-bond acceptors (Lipinski definition) is 6. The van der Waals surface area contributed by atoms with Crippen molar-refractivity contribution in [2.75, 3.05) is 0 Å².